The molecule has 10 aliphatic rings. The average Bonchev–Trinajstić information content (AvgIpc) is 1.73. The molecule has 26 heteroatoms. The average molecular weight is 1460 g/mol. The van der Waals surface area contributed by atoms with Gasteiger partial charge in [-0.25, -0.2) is 38.0 Å². The summed E-state index contributed by atoms with van der Waals surface area (Å²) in [4.78, 5) is 34.1. The number of rotatable bonds is 0. The first-order chi connectivity index (χ1) is 52.9. The molecule has 20 bridgehead atoms. The molecule has 4 saturated heterocycles. The Labute approximate surface area is 630 Å². The van der Waals surface area contributed by atoms with Crippen LogP contribution in [0.2, 0.25) is 0 Å². The van der Waals surface area contributed by atoms with Gasteiger partial charge in [0.25, 0.3) is 0 Å². The maximum atomic E-state index is 6.34. The van der Waals surface area contributed by atoms with Crippen LogP contribution in [-0.4, -0.2) is 252 Å². The van der Waals surface area contributed by atoms with Crippen LogP contribution in [0, 0.1) is 27.7 Å². The zero-order valence-electron chi connectivity index (χ0n) is 62.8. The standard InChI is InChI=1S/C21H26N6O.C21H25N5O.C20H24N6O.C20H23N5O/c1-15-3-4-17-11-18(15)19-12-23-27-7-5-20(24-21(19)27)22-6-8-26-10-9-25(2)13-16(26)14-28-17;1-15-3-4-17-13-18(15)19-14-22-26-10-7-20(23-21(19)26)24(2)11-12-25-8-5-16(27-17)6-9-25;1-14-2-3-16-10-17(14)18-12-23-26-7-4-19(24-20(18)26)22-6-9-25-8-5-21-11-15(25)13-27-16;1-14-2-3-16-12-17(14)18-13-22-25-10-6-19(23-20(18)25)21-7-11-24-8-4-15(26-16)5-9-24/h3-5,7,11-12,16H,6,8-10,13-14H2,1-2H3,(H,22,24);3-4,7,10,13-14,16H,5-6,8-9,11-12H2,1-2H3;2-4,7,10,12,15,21H,5-6,8-9,11,13H2,1H3,(H,22,24);2-3,6,10,12-13,15H,4-5,7-9,11H2,1H3,(H,21,23)/t16-;;15-;/m1.1./s1. The van der Waals surface area contributed by atoms with E-state index in [9.17, 15) is 0 Å². The highest BCUT2D eigenvalue weighted by molar-refractivity contribution is 5.84. The van der Waals surface area contributed by atoms with Gasteiger partial charge in [0.05, 0.1) is 36.9 Å². The largest absolute Gasteiger partial charge is 0.492 e. The second-order valence-corrected chi connectivity index (χ2v) is 29.9. The summed E-state index contributed by atoms with van der Waals surface area (Å²) in [6.45, 7) is 28.0. The van der Waals surface area contributed by atoms with Gasteiger partial charge in [-0.05, 0) is 178 Å². The first-order valence-corrected chi connectivity index (χ1v) is 38.5. The normalized spacial score (nSPS) is 21.6. The number of likely N-dealkylation sites (N-methyl/N-ethyl adjacent to an activating group) is 2. The van der Waals surface area contributed by atoms with Crippen molar-refractivity contribution in [3.63, 3.8) is 0 Å². The Hall–Kier alpha value is -10.5. The van der Waals surface area contributed by atoms with E-state index in [0.717, 1.165) is 257 Å². The highest BCUT2D eigenvalue weighted by Gasteiger charge is 2.29. The van der Waals surface area contributed by atoms with Crippen LogP contribution in [0.5, 0.6) is 23.0 Å². The molecule has 2 atom stereocenters. The van der Waals surface area contributed by atoms with Gasteiger partial charge in [0.2, 0.25) is 0 Å². The smallest absolute Gasteiger partial charge is 0.165 e. The lowest BCUT2D eigenvalue weighted by Gasteiger charge is -2.39. The van der Waals surface area contributed by atoms with Crippen molar-refractivity contribution >= 4 is 45.9 Å². The van der Waals surface area contributed by atoms with Gasteiger partial charge in [-0.2, -0.15) is 20.4 Å². The summed E-state index contributed by atoms with van der Waals surface area (Å²) in [6.07, 6.45) is 20.4. The highest BCUT2D eigenvalue weighted by Crippen LogP contribution is 2.37. The van der Waals surface area contributed by atoms with Gasteiger partial charge in [0.15, 0.2) is 22.6 Å². The second-order valence-electron chi connectivity index (χ2n) is 29.9. The third-order valence-corrected chi connectivity index (χ3v) is 22.6. The first kappa shape index (κ1) is 70.5. The first-order valence-electron chi connectivity index (χ1n) is 38.5. The van der Waals surface area contributed by atoms with Crippen LogP contribution in [0.1, 0.15) is 47.9 Å². The molecule has 0 amide bonds. The van der Waals surface area contributed by atoms with Gasteiger partial charge >= 0.3 is 0 Å². The molecule has 22 rings (SSSR count). The Morgan fingerprint density at radius 3 is 1.25 bits per heavy atom. The van der Waals surface area contributed by atoms with E-state index in [1.54, 1.807) is 0 Å². The fourth-order valence-corrected chi connectivity index (χ4v) is 16.1. The van der Waals surface area contributed by atoms with Gasteiger partial charge < -0.3 is 59.8 Å². The monoisotopic (exact) mass is 1450 g/mol. The van der Waals surface area contributed by atoms with Crippen molar-refractivity contribution in [1.29, 1.82) is 0 Å². The number of fused-ring (bicyclic) bond motifs is 18. The lowest BCUT2D eigenvalue weighted by Crippen LogP contribution is -2.55. The van der Waals surface area contributed by atoms with Crippen LogP contribution in [0.15, 0.2) is 147 Å². The van der Waals surface area contributed by atoms with E-state index in [4.69, 9.17) is 38.9 Å². The minimum Gasteiger partial charge on any atom is -0.492 e. The molecule has 4 aromatic carbocycles. The molecule has 0 unspecified atom stereocenters. The predicted molar refractivity (Wildman–Crippen MR) is 424 cm³/mol. The molecule has 18 heterocycles. The SMILES string of the molecule is Cc1ccc2cc1-c1cnn3ccc(nc13)N(C)CCN1CCC(CC1)O2.Cc1ccc2cc1-c1cnn3ccc(nc13)NCCN1CCC(CC1)O2.Cc1ccc2cc1-c1cnn3ccc(nc13)NCCN1CCN(C)C[C@@H]1CO2.Cc1ccc2cc1-c1cnn3ccc(nc13)NCCN1CCNC[C@@H]1CO2. The molecule has 26 nitrogen and oxygen atoms in total. The van der Waals surface area contributed by atoms with Crippen molar-refractivity contribution in [3.8, 4) is 67.5 Å². The fraction of sp³-hybridized carbons (Fsp3) is 0.415. The van der Waals surface area contributed by atoms with Crippen LogP contribution < -0.4 is 45.1 Å². The summed E-state index contributed by atoms with van der Waals surface area (Å²) in [5.41, 5.74) is 16.9. The summed E-state index contributed by atoms with van der Waals surface area (Å²) in [5.74, 6) is 7.34. The van der Waals surface area contributed by atoms with E-state index in [-0.39, 0.29) is 0 Å². The number of aromatic nitrogens is 12. The highest BCUT2D eigenvalue weighted by atomic mass is 16.5. The summed E-state index contributed by atoms with van der Waals surface area (Å²) in [6, 6.07) is 34.1. The number of ether oxygens (including phenoxy) is 4. The number of aryl methyl sites for hydroxylation is 4. The second kappa shape index (κ2) is 31.4. The molecular formula is C82H98N22O4. The minimum absolute atomic E-state index is 0.297. The van der Waals surface area contributed by atoms with Crippen molar-refractivity contribution in [1.82, 2.24) is 88.2 Å². The summed E-state index contributed by atoms with van der Waals surface area (Å²) in [5, 5.41) is 31.9. The van der Waals surface area contributed by atoms with Crippen molar-refractivity contribution in [2.45, 2.75) is 77.7 Å². The van der Waals surface area contributed by atoms with Crippen LogP contribution >= 0.6 is 0 Å². The van der Waals surface area contributed by atoms with Gasteiger partial charge in [-0.3, -0.25) is 9.80 Å². The Morgan fingerprint density at radius 2 is 0.769 bits per heavy atom. The van der Waals surface area contributed by atoms with Gasteiger partial charge in [-0.1, -0.05) is 24.3 Å². The molecule has 0 spiro atoms. The maximum Gasteiger partial charge on any atom is 0.165 e. The number of hydrogen-bond donors (Lipinski definition) is 4. The van der Waals surface area contributed by atoms with E-state index in [2.05, 4.69) is 186 Å². The Bertz CT molecular complexity index is 5150. The predicted octanol–water partition coefficient (Wildman–Crippen LogP) is 9.88. The van der Waals surface area contributed by atoms with E-state index in [1.165, 1.54) is 22.3 Å². The lowest BCUT2D eigenvalue weighted by molar-refractivity contribution is 0.0612. The van der Waals surface area contributed by atoms with E-state index < -0.39 is 0 Å². The van der Waals surface area contributed by atoms with Crippen LogP contribution in [0.25, 0.3) is 67.1 Å². The minimum atomic E-state index is 0.297. The molecule has 12 aromatic rings. The summed E-state index contributed by atoms with van der Waals surface area (Å²) >= 11 is 0. The molecule has 4 fully saturated rings. The number of hydrogen-bond acceptors (Lipinski definition) is 22. The fourth-order valence-electron chi connectivity index (χ4n) is 16.1. The van der Waals surface area contributed by atoms with Gasteiger partial charge in [0.1, 0.15) is 71.7 Å². The van der Waals surface area contributed by atoms with E-state index >= 15 is 0 Å². The van der Waals surface area contributed by atoms with Crippen LogP contribution in [0.3, 0.4) is 0 Å². The molecule has 0 radical (unpaired) electrons. The maximum absolute atomic E-state index is 6.34. The summed E-state index contributed by atoms with van der Waals surface area (Å²) < 4.78 is 32.4. The molecule has 0 saturated carbocycles. The van der Waals surface area contributed by atoms with Gasteiger partial charge in [-0.15, -0.1) is 0 Å². The van der Waals surface area contributed by atoms with Crippen molar-refractivity contribution in [2.75, 3.05) is 166 Å². The Morgan fingerprint density at radius 1 is 0.370 bits per heavy atom. The number of piperidine rings is 2. The molecule has 108 heavy (non-hydrogen) atoms. The van der Waals surface area contributed by atoms with E-state index in [1.807, 2.05) is 91.9 Å². The lowest BCUT2D eigenvalue weighted by atomic mass is 10.0. The Kier molecular flexibility index (Phi) is 20.5. The zero-order chi connectivity index (χ0) is 73.2. The van der Waals surface area contributed by atoms with Crippen molar-refractivity contribution < 1.29 is 18.9 Å². The third-order valence-electron chi connectivity index (χ3n) is 22.6. The number of nitrogens with zero attached hydrogens (tertiary/aromatic N) is 18. The molecule has 10 aliphatic heterocycles. The number of benzene rings is 4. The number of anilines is 4. The number of piperazine rings is 2. The molecule has 8 aromatic heterocycles. The van der Waals surface area contributed by atoms with Crippen molar-refractivity contribution in [3.05, 3.63) is 169 Å². The molecular weight excluding hydrogens is 1360 g/mol. The Balaban J connectivity index is 0.000000105. The van der Waals surface area contributed by atoms with E-state index in [0.29, 0.717) is 37.5 Å². The van der Waals surface area contributed by atoms with Gasteiger partial charge in [0, 0.05) is 172 Å². The summed E-state index contributed by atoms with van der Waals surface area (Å²) in [7, 11) is 4.31. The quantitative estimate of drug-likeness (QED) is 0.111. The van der Waals surface area contributed by atoms with Crippen LogP contribution in [-0.2, 0) is 0 Å². The van der Waals surface area contributed by atoms with Crippen LogP contribution in [0.4, 0.5) is 23.3 Å². The molecule has 560 valence electrons. The molecule has 4 N–H and O–H groups in total. The third kappa shape index (κ3) is 15.5. The number of nitrogens with one attached hydrogen (secondary N) is 4. The topological polar surface area (TPSA) is 225 Å². The van der Waals surface area contributed by atoms with Crippen molar-refractivity contribution in [2.24, 2.45) is 0 Å². The zero-order valence-corrected chi connectivity index (χ0v) is 62.8. The molecule has 0 aliphatic carbocycles.